The molecule has 0 bridgehead atoms. The topological polar surface area (TPSA) is 38.7 Å². The molecule has 0 aromatic heterocycles. The second kappa shape index (κ2) is 10.6. The average Bonchev–Trinajstić information content (AvgIpc) is 2.78. The lowest BCUT2D eigenvalue weighted by Crippen LogP contribution is -2.23. The van der Waals surface area contributed by atoms with Gasteiger partial charge in [-0.1, -0.05) is 90.7 Å². The molecular weight excluding hydrogens is 358 g/mol. The summed E-state index contributed by atoms with van der Waals surface area (Å²) in [5.41, 5.74) is 3.56. The molecule has 0 spiro atoms. The van der Waals surface area contributed by atoms with Gasteiger partial charge in [-0.15, -0.1) is 0 Å². The Bertz CT molecular complexity index is 959. The van der Waals surface area contributed by atoms with Crippen LogP contribution in [0, 0.1) is 11.8 Å². The minimum atomic E-state index is -0.693. The van der Waals surface area contributed by atoms with Crippen LogP contribution in [0.3, 0.4) is 0 Å². The summed E-state index contributed by atoms with van der Waals surface area (Å²) in [5.74, 6) is 5.83. The van der Waals surface area contributed by atoms with E-state index in [1.54, 1.807) is 6.92 Å². The molecule has 1 atom stereocenters. The first-order chi connectivity index (χ1) is 14.3. The number of aliphatic imine (C=N–C) groups is 1. The number of hydrogen-bond donors (Lipinski definition) is 0. The quantitative estimate of drug-likeness (QED) is 0.346. The fraction of sp³-hybridized carbons (Fsp3) is 0.154. The molecule has 0 aliphatic rings. The maximum absolute atomic E-state index is 12.6. The Kier molecular flexibility index (Phi) is 7.37. The third-order valence-corrected chi connectivity index (χ3v) is 4.24. The van der Waals surface area contributed by atoms with Crippen molar-refractivity contribution >= 4 is 11.7 Å². The molecule has 3 aromatic rings. The van der Waals surface area contributed by atoms with E-state index in [9.17, 15) is 4.79 Å². The summed E-state index contributed by atoms with van der Waals surface area (Å²) in [5, 5.41) is 0. The van der Waals surface area contributed by atoms with E-state index in [4.69, 9.17) is 9.73 Å². The second-order valence-electron chi connectivity index (χ2n) is 6.35. The van der Waals surface area contributed by atoms with Crippen LogP contribution in [-0.2, 0) is 9.53 Å². The van der Waals surface area contributed by atoms with Gasteiger partial charge in [-0.3, -0.25) is 4.99 Å². The maximum Gasteiger partial charge on any atom is 0.331 e. The summed E-state index contributed by atoms with van der Waals surface area (Å²) in [6.07, 6.45) is 0.289. The van der Waals surface area contributed by atoms with Crippen molar-refractivity contribution in [1.29, 1.82) is 0 Å². The summed E-state index contributed by atoms with van der Waals surface area (Å²) in [4.78, 5) is 17.4. The van der Waals surface area contributed by atoms with Crippen LogP contribution in [0.25, 0.3) is 0 Å². The van der Waals surface area contributed by atoms with Crippen LogP contribution in [0.2, 0.25) is 0 Å². The molecule has 1 unspecified atom stereocenters. The van der Waals surface area contributed by atoms with Crippen LogP contribution >= 0.6 is 0 Å². The highest BCUT2D eigenvalue weighted by molar-refractivity contribution is 6.13. The van der Waals surface area contributed by atoms with Gasteiger partial charge >= 0.3 is 5.97 Å². The molecule has 0 saturated heterocycles. The number of rotatable bonds is 6. The van der Waals surface area contributed by atoms with Gasteiger partial charge in [0, 0.05) is 23.1 Å². The van der Waals surface area contributed by atoms with Crippen molar-refractivity contribution in [2.24, 2.45) is 4.99 Å². The number of ether oxygens (including phenoxy) is 1. The molecule has 0 amide bonds. The van der Waals surface area contributed by atoms with Crippen LogP contribution in [-0.4, -0.2) is 24.3 Å². The van der Waals surface area contributed by atoms with Gasteiger partial charge in [0.2, 0.25) is 0 Å². The highest BCUT2D eigenvalue weighted by Gasteiger charge is 2.20. The highest BCUT2D eigenvalue weighted by atomic mass is 16.5. The lowest BCUT2D eigenvalue weighted by atomic mass is 10.0. The Hall–Kier alpha value is -3.64. The summed E-state index contributed by atoms with van der Waals surface area (Å²) in [7, 11) is 0. The SMILES string of the molecule is CCOC(=O)C(CC#Cc1ccccc1)N=C(c1ccccc1)c1ccccc1. The zero-order valence-corrected chi connectivity index (χ0v) is 16.4. The molecular formula is C26H23NO2. The Morgan fingerprint density at radius 1 is 0.862 bits per heavy atom. The first-order valence-electron chi connectivity index (χ1n) is 9.67. The van der Waals surface area contributed by atoms with Crippen molar-refractivity contribution in [3.63, 3.8) is 0 Å². The van der Waals surface area contributed by atoms with E-state index < -0.39 is 6.04 Å². The fourth-order valence-corrected chi connectivity index (χ4v) is 2.86. The number of nitrogens with zero attached hydrogens (tertiary/aromatic N) is 1. The second-order valence-corrected chi connectivity index (χ2v) is 6.35. The molecule has 0 radical (unpaired) electrons. The lowest BCUT2D eigenvalue weighted by Gasteiger charge is -2.13. The molecule has 29 heavy (non-hydrogen) atoms. The predicted octanol–water partition coefficient (Wildman–Crippen LogP) is 4.90. The third-order valence-electron chi connectivity index (χ3n) is 4.24. The van der Waals surface area contributed by atoms with E-state index in [0.29, 0.717) is 6.61 Å². The van der Waals surface area contributed by atoms with E-state index in [1.165, 1.54) is 0 Å². The first kappa shape index (κ1) is 20.1. The van der Waals surface area contributed by atoms with E-state index >= 15 is 0 Å². The van der Waals surface area contributed by atoms with Crippen LogP contribution < -0.4 is 0 Å². The Morgan fingerprint density at radius 2 is 1.38 bits per heavy atom. The van der Waals surface area contributed by atoms with Gasteiger partial charge in [0.1, 0.15) is 0 Å². The molecule has 3 heteroatoms. The molecule has 3 nitrogen and oxygen atoms in total. The van der Waals surface area contributed by atoms with E-state index in [1.807, 2.05) is 91.0 Å². The standard InChI is InChI=1S/C26H23NO2/c1-2-29-26(28)24(20-12-15-21-13-6-3-7-14-21)27-25(22-16-8-4-9-17-22)23-18-10-5-11-19-23/h3-11,13-14,16-19,24H,2,20H2,1H3. The molecule has 0 heterocycles. The smallest absolute Gasteiger partial charge is 0.331 e. The largest absolute Gasteiger partial charge is 0.464 e. The third kappa shape index (κ3) is 5.92. The van der Waals surface area contributed by atoms with E-state index in [0.717, 1.165) is 22.4 Å². The van der Waals surface area contributed by atoms with Gasteiger partial charge in [-0.25, -0.2) is 4.79 Å². The molecule has 0 aliphatic carbocycles. The molecule has 0 N–H and O–H groups in total. The van der Waals surface area contributed by atoms with Crippen LogP contribution in [0.1, 0.15) is 30.0 Å². The van der Waals surface area contributed by atoms with Crippen LogP contribution in [0.4, 0.5) is 0 Å². The first-order valence-corrected chi connectivity index (χ1v) is 9.67. The summed E-state index contributed by atoms with van der Waals surface area (Å²) in [6.45, 7) is 2.10. The monoisotopic (exact) mass is 381 g/mol. The van der Waals surface area contributed by atoms with Crippen molar-refractivity contribution in [3.05, 3.63) is 108 Å². The van der Waals surface area contributed by atoms with Crippen molar-refractivity contribution in [3.8, 4) is 11.8 Å². The number of carbonyl (C=O) groups is 1. The zero-order chi connectivity index (χ0) is 20.3. The van der Waals surface area contributed by atoms with Gasteiger partial charge in [0.15, 0.2) is 6.04 Å². The van der Waals surface area contributed by atoms with Gasteiger partial charge in [-0.05, 0) is 19.1 Å². The van der Waals surface area contributed by atoms with Crippen molar-refractivity contribution in [1.82, 2.24) is 0 Å². The van der Waals surface area contributed by atoms with Gasteiger partial charge in [0.25, 0.3) is 0 Å². The van der Waals surface area contributed by atoms with E-state index in [2.05, 4.69) is 11.8 Å². The molecule has 0 fully saturated rings. The zero-order valence-electron chi connectivity index (χ0n) is 16.4. The van der Waals surface area contributed by atoms with Gasteiger partial charge < -0.3 is 4.74 Å². The predicted molar refractivity (Wildman–Crippen MR) is 117 cm³/mol. The molecule has 0 aliphatic heterocycles. The van der Waals surface area contributed by atoms with Crippen molar-refractivity contribution in [2.45, 2.75) is 19.4 Å². The summed E-state index contributed by atoms with van der Waals surface area (Å²) >= 11 is 0. The summed E-state index contributed by atoms with van der Waals surface area (Å²) < 4.78 is 5.27. The molecule has 3 aromatic carbocycles. The fourth-order valence-electron chi connectivity index (χ4n) is 2.86. The molecule has 144 valence electrons. The van der Waals surface area contributed by atoms with E-state index in [-0.39, 0.29) is 12.4 Å². The maximum atomic E-state index is 12.6. The van der Waals surface area contributed by atoms with Gasteiger partial charge in [0.05, 0.1) is 12.3 Å². The number of carbonyl (C=O) groups excluding carboxylic acids is 1. The Morgan fingerprint density at radius 3 is 1.90 bits per heavy atom. The minimum Gasteiger partial charge on any atom is -0.464 e. The van der Waals surface area contributed by atoms with Crippen LogP contribution in [0.5, 0.6) is 0 Å². The molecule has 0 saturated carbocycles. The Balaban J connectivity index is 1.96. The minimum absolute atomic E-state index is 0.289. The average molecular weight is 381 g/mol. The Labute approximate surface area is 172 Å². The van der Waals surface area contributed by atoms with Crippen molar-refractivity contribution < 1.29 is 9.53 Å². The number of hydrogen-bond acceptors (Lipinski definition) is 3. The summed E-state index contributed by atoms with van der Waals surface area (Å²) in [6, 6.07) is 28.7. The lowest BCUT2D eigenvalue weighted by molar-refractivity contribution is -0.144. The van der Waals surface area contributed by atoms with Gasteiger partial charge in [-0.2, -0.15) is 0 Å². The van der Waals surface area contributed by atoms with Crippen LogP contribution in [0.15, 0.2) is 96.0 Å². The highest BCUT2D eigenvalue weighted by Crippen LogP contribution is 2.14. The number of benzene rings is 3. The molecule has 3 rings (SSSR count). The van der Waals surface area contributed by atoms with Crippen molar-refractivity contribution in [2.75, 3.05) is 6.61 Å². The number of esters is 1. The normalized spacial score (nSPS) is 10.9.